The minimum Gasteiger partial charge on any atom is -0.480 e. The number of carboxylic acids is 1. The van der Waals surface area contributed by atoms with Crippen LogP contribution in [0, 0.1) is 5.92 Å². The molecule has 0 aliphatic heterocycles. The number of benzene rings is 1. The zero-order valence-electron chi connectivity index (χ0n) is 11.2. The highest BCUT2D eigenvalue weighted by molar-refractivity contribution is 5.90. The predicted octanol–water partition coefficient (Wildman–Crippen LogP) is 1.94. The third-order valence-electron chi connectivity index (χ3n) is 3.49. The lowest BCUT2D eigenvalue weighted by Crippen LogP contribution is -2.45. The number of hydrogen-bond acceptors (Lipinski definition) is 2. The Labute approximate surface area is 112 Å². The van der Waals surface area contributed by atoms with Crippen molar-refractivity contribution in [2.45, 2.75) is 38.6 Å². The second kappa shape index (κ2) is 5.43. The normalized spacial score (nSPS) is 18.4. The van der Waals surface area contributed by atoms with Gasteiger partial charge in [-0.3, -0.25) is 4.79 Å². The predicted molar refractivity (Wildman–Crippen MR) is 71.9 cm³/mol. The summed E-state index contributed by atoms with van der Waals surface area (Å²) in [6, 6.07) is 7.00. The van der Waals surface area contributed by atoms with Gasteiger partial charge >= 0.3 is 5.97 Å². The van der Waals surface area contributed by atoms with E-state index in [-0.39, 0.29) is 17.7 Å². The van der Waals surface area contributed by atoms with Gasteiger partial charge in [0.2, 0.25) is 5.91 Å². The molecular weight excluding hydrogens is 242 g/mol. The maximum atomic E-state index is 12.1. The van der Waals surface area contributed by atoms with Crippen molar-refractivity contribution < 1.29 is 14.7 Å². The lowest BCUT2D eigenvalue weighted by atomic mass is 9.77. The smallest absolute Gasteiger partial charge is 0.326 e. The first kappa shape index (κ1) is 13.6. The Morgan fingerprint density at radius 3 is 2.63 bits per heavy atom. The lowest BCUT2D eigenvalue weighted by Gasteiger charge is -2.30. The number of aliphatic carboxylic acids is 1. The van der Waals surface area contributed by atoms with Crippen LogP contribution in [-0.2, 0) is 16.0 Å². The first-order chi connectivity index (χ1) is 8.99. The SMILES string of the molecule is CC(C)C[C@H](NC(=O)C1Cc2ccccc21)C(=O)O. The van der Waals surface area contributed by atoms with Crippen molar-refractivity contribution >= 4 is 11.9 Å². The van der Waals surface area contributed by atoms with Crippen molar-refractivity contribution in [1.82, 2.24) is 5.32 Å². The van der Waals surface area contributed by atoms with E-state index in [0.717, 1.165) is 5.56 Å². The molecule has 1 aliphatic carbocycles. The van der Waals surface area contributed by atoms with Crippen molar-refractivity contribution in [3.8, 4) is 0 Å². The minimum absolute atomic E-state index is 0.174. The standard InChI is InChI=1S/C15H19NO3/c1-9(2)7-13(15(18)19)16-14(17)12-8-10-5-3-4-6-11(10)12/h3-6,9,12-13H,7-8H2,1-2H3,(H,16,17)(H,18,19)/t12?,13-/m0/s1. The summed E-state index contributed by atoms with van der Waals surface area (Å²) in [7, 11) is 0. The van der Waals surface area contributed by atoms with Gasteiger partial charge in [-0.1, -0.05) is 38.1 Å². The minimum atomic E-state index is -0.963. The number of hydrogen-bond donors (Lipinski definition) is 2. The second-order valence-electron chi connectivity index (χ2n) is 5.48. The van der Waals surface area contributed by atoms with E-state index in [1.807, 2.05) is 38.1 Å². The number of fused-ring (bicyclic) bond motifs is 1. The van der Waals surface area contributed by atoms with Crippen LogP contribution >= 0.6 is 0 Å². The van der Waals surface area contributed by atoms with Crippen molar-refractivity contribution in [2.24, 2.45) is 5.92 Å². The van der Waals surface area contributed by atoms with Crippen LogP contribution < -0.4 is 5.32 Å². The van der Waals surface area contributed by atoms with E-state index in [0.29, 0.717) is 12.8 Å². The molecule has 1 aromatic rings. The fourth-order valence-electron chi connectivity index (χ4n) is 2.46. The molecule has 0 heterocycles. The topological polar surface area (TPSA) is 66.4 Å². The van der Waals surface area contributed by atoms with E-state index in [9.17, 15) is 9.59 Å². The summed E-state index contributed by atoms with van der Waals surface area (Å²) in [5.41, 5.74) is 2.20. The van der Waals surface area contributed by atoms with Crippen molar-refractivity contribution in [2.75, 3.05) is 0 Å². The molecule has 102 valence electrons. The molecule has 4 nitrogen and oxygen atoms in total. The van der Waals surface area contributed by atoms with Gasteiger partial charge in [0.25, 0.3) is 0 Å². The Morgan fingerprint density at radius 1 is 1.37 bits per heavy atom. The molecule has 1 unspecified atom stereocenters. The van der Waals surface area contributed by atoms with Crippen molar-refractivity contribution in [1.29, 1.82) is 0 Å². The van der Waals surface area contributed by atoms with E-state index in [2.05, 4.69) is 5.32 Å². The number of nitrogens with one attached hydrogen (secondary N) is 1. The maximum absolute atomic E-state index is 12.1. The first-order valence-corrected chi connectivity index (χ1v) is 6.60. The Morgan fingerprint density at radius 2 is 2.05 bits per heavy atom. The molecule has 0 bridgehead atoms. The highest BCUT2D eigenvalue weighted by Gasteiger charge is 2.33. The van der Waals surface area contributed by atoms with Gasteiger partial charge in [0.15, 0.2) is 0 Å². The number of amides is 1. The maximum Gasteiger partial charge on any atom is 0.326 e. The molecule has 19 heavy (non-hydrogen) atoms. The van der Waals surface area contributed by atoms with Gasteiger partial charge in [0.05, 0.1) is 5.92 Å². The molecule has 2 N–H and O–H groups in total. The van der Waals surface area contributed by atoms with E-state index < -0.39 is 12.0 Å². The summed E-state index contributed by atoms with van der Waals surface area (Å²) in [6.45, 7) is 3.89. The number of carbonyl (C=O) groups is 2. The first-order valence-electron chi connectivity index (χ1n) is 6.60. The fraction of sp³-hybridized carbons (Fsp3) is 0.467. The average Bonchev–Trinajstić information content (AvgIpc) is 2.29. The Kier molecular flexibility index (Phi) is 3.88. The van der Waals surface area contributed by atoms with Gasteiger partial charge in [0, 0.05) is 0 Å². The molecule has 0 aromatic heterocycles. The summed E-state index contributed by atoms with van der Waals surface area (Å²) in [6.07, 6.45) is 1.16. The molecular formula is C15H19NO3. The summed E-state index contributed by atoms with van der Waals surface area (Å²) in [5, 5.41) is 11.8. The quantitative estimate of drug-likeness (QED) is 0.851. The lowest BCUT2D eigenvalue weighted by molar-refractivity contribution is -0.142. The number of rotatable bonds is 5. The number of carbonyl (C=O) groups excluding carboxylic acids is 1. The zero-order chi connectivity index (χ0) is 14.0. The van der Waals surface area contributed by atoms with Crippen LogP contribution in [0.1, 0.15) is 37.3 Å². The highest BCUT2D eigenvalue weighted by atomic mass is 16.4. The Bertz CT molecular complexity index is 496. The van der Waals surface area contributed by atoms with Gasteiger partial charge in [-0.2, -0.15) is 0 Å². The van der Waals surface area contributed by atoms with Crippen LogP contribution in [-0.4, -0.2) is 23.0 Å². The summed E-state index contributed by atoms with van der Waals surface area (Å²) in [4.78, 5) is 23.2. The molecule has 2 rings (SSSR count). The van der Waals surface area contributed by atoms with Crippen LogP contribution in [0.3, 0.4) is 0 Å². The van der Waals surface area contributed by atoms with Crippen LogP contribution in [0.5, 0.6) is 0 Å². The Balaban J connectivity index is 2.00. The zero-order valence-corrected chi connectivity index (χ0v) is 11.2. The highest BCUT2D eigenvalue weighted by Crippen LogP contribution is 2.34. The van der Waals surface area contributed by atoms with Crippen LogP contribution in [0.25, 0.3) is 0 Å². The monoisotopic (exact) mass is 261 g/mol. The van der Waals surface area contributed by atoms with Gasteiger partial charge in [-0.15, -0.1) is 0 Å². The molecule has 0 fully saturated rings. The summed E-state index contributed by atoms with van der Waals surface area (Å²) in [5.74, 6) is -1.10. The molecule has 2 atom stereocenters. The van der Waals surface area contributed by atoms with Crippen molar-refractivity contribution in [3.05, 3.63) is 35.4 Å². The second-order valence-corrected chi connectivity index (χ2v) is 5.48. The molecule has 1 amide bonds. The molecule has 1 aliphatic rings. The van der Waals surface area contributed by atoms with Gasteiger partial charge < -0.3 is 10.4 Å². The average molecular weight is 261 g/mol. The van der Waals surface area contributed by atoms with Gasteiger partial charge in [0.1, 0.15) is 6.04 Å². The molecule has 0 saturated carbocycles. The molecule has 4 heteroatoms. The van der Waals surface area contributed by atoms with Gasteiger partial charge in [-0.05, 0) is 29.9 Å². The fourth-order valence-corrected chi connectivity index (χ4v) is 2.46. The summed E-state index contributed by atoms with van der Waals surface area (Å²) < 4.78 is 0. The van der Waals surface area contributed by atoms with Gasteiger partial charge in [-0.25, -0.2) is 4.79 Å². The molecule has 0 radical (unpaired) electrons. The van der Waals surface area contributed by atoms with E-state index in [4.69, 9.17) is 5.11 Å². The number of carboxylic acid groups (broad SMARTS) is 1. The van der Waals surface area contributed by atoms with Crippen LogP contribution in [0.15, 0.2) is 24.3 Å². The van der Waals surface area contributed by atoms with Crippen LogP contribution in [0.2, 0.25) is 0 Å². The molecule has 0 spiro atoms. The van der Waals surface area contributed by atoms with E-state index in [1.54, 1.807) is 0 Å². The molecule has 0 saturated heterocycles. The third-order valence-corrected chi connectivity index (χ3v) is 3.49. The van der Waals surface area contributed by atoms with E-state index in [1.165, 1.54) is 5.56 Å². The summed E-state index contributed by atoms with van der Waals surface area (Å²) >= 11 is 0. The van der Waals surface area contributed by atoms with Crippen LogP contribution in [0.4, 0.5) is 0 Å². The molecule has 1 aromatic carbocycles. The van der Waals surface area contributed by atoms with Crippen molar-refractivity contribution in [3.63, 3.8) is 0 Å². The van der Waals surface area contributed by atoms with E-state index >= 15 is 0 Å². The third kappa shape index (κ3) is 2.95. The Hall–Kier alpha value is -1.84. The largest absolute Gasteiger partial charge is 0.480 e.